The van der Waals surface area contributed by atoms with Crippen molar-refractivity contribution in [1.29, 1.82) is 0 Å². The van der Waals surface area contributed by atoms with Crippen LogP contribution in [0.5, 0.6) is 0 Å². The predicted molar refractivity (Wildman–Crippen MR) is 112 cm³/mol. The van der Waals surface area contributed by atoms with E-state index in [4.69, 9.17) is 0 Å². The molecule has 5 nitrogen and oxygen atoms in total. The van der Waals surface area contributed by atoms with Gasteiger partial charge in [0.1, 0.15) is 11.6 Å². The summed E-state index contributed by atoms with van der Waals surface area (Å²) in [6, 6.07) is 10.8. The van der Waals surface area contributed by atoms with Gasteiger partial charge in [0, 0.05) is 38.2 Å². The van der Waals surface area contributed by atoms with Crippen LogP contribution in [0.1, 0.15) is 36.0 Å². The summed E-state index contributed by atoms with van der Waals surface area (Å²) < 4.78 is 27.0. The fraction of sp³-hybridized carbons (Fsp3) is 0.391. The molecule has 7 heteroatoms. The second-order valence-corrected chi connectivity index (χ2v) is 7.89. The Labute approximate surface area is 174 Å². The van der Waals surface area contributed by atoms with Gasteiger partial charge in [-0.2, -0.15) is 0 Å². The fourth-order valence-electron chi connectivity index (χ4n) is 4.23. The van der Waals surface area contributed by atoms with Crippen LogP contribution in [0.2, 0.25) is 0 Å². The Hall–Kier alpha value is -2.96. The highest BCUT2D eigenvalue weighted by Gasteiger charge is 2.29. The number of benzene rings is 2. The van der Waals surface area contributed by atoms with Crippen LogP contribution in [0.3, 0.4) is 0 Å². The second kappa shape index (κ2) is 8.81. The summed E-state index contributed by atoms with van der Waals surface area (Å²) >= 11 is 0. The molecule has 2 heterocycles. The third-order valence-corrected chi connectivity index (χ3v) is 5.92. The van der Waals surface area contributed by atoms with Crippen LogP contribution in [0, 0.1) is 17.6 Å². The Morgan fingerprint density at radius 3 is 2.33 bits per heavy atom. The molecule has 0 spiro atoms. The molecular formula is C23H25F2N3O2. The number of hydrogen-bond acceptors (Lipinski definition) is 3. The van der Waals surface area contributed by atoms with Gasteiger partial charge in [0.25, 0.3) is 5.91 Å². The van der Waals surface area contributed by atoms with Crippen LogP contribution in [0.15, 0.2) is 42.5 Å². The molecular weight excluding hydrogens is 388 g/mol. The highest BCUT2D eigenvalue weighted by Crippen LogP contribution is 2.30. The number of para-hydroxylation sites is 2. The number of nitrogens with zero attached hydrogens (tertiary/aromatic N) is 2. The smallest absolute Gasteiger partial charge is 0.256 e. The molecule has 0 atom stereocenters. The standard InChI is InChI=1S/C23H25F2N3O2/c24-17-7-8-18(19(25)15-17)23(30)28-13-9-16(10-14-28)22(29)26-20-5-1-2-6-21(20)27-11-3-4-12-27/h1-2,5-8,15-16H,3-4,9-14H2,(H,26,29). The maximum absolute atomic E-state index is 13.9. The largest absolute Gasteiger partial charge is 0.370 e. The molecule has 158 valence electrons. The number of likely N-dealkylation sites (tertiary alicyclic amines) is 1. The summed E-state index contributed by atoms with van der Waals surface area (Å²) in [5.41, 5.74) is 1.72. The Balaban J connectivity index is 1.36. The molecule has 0 unspecified atom stereocenters. The van der Waals surface area contributed by atoms with Crippen LogP contribution >= 0.6 is 0 Å². The zero-order chi connectivity index (χ0) is 21.1. The number of nitrogens with one attached hydrogen (secondary N) is 1. The van der Waals surface area contributed by atoms with Gasteiger partial charge in [-0.25, -0.2) is 8.78 Å². The normalized spacial score (nSPS) is 17.3. The maximum atomic E-state index is 13.9. The van der Waals surface area contributed by atoms with Gasteiger partial charge in [-0.3, -0.25) is 9.59 Å². The van der Waals surface area contributed by atoms with E-state index in [2.05, 4.69) is 10.2 Å². The molecule has 2 saturated heterocycles. The lowest BCUT2D eigenvalue weighted by Crippen LogP contribution is -2.41. The first-order valence-corrected chi connectivity index (χ1v) is 10.4. The van der Waals surface area contributed by atoms with Crippen molar-refractivity contribution in [2.24, 2.45) is 5.92 Å². The molecule has 2 aliphatic heterocycles. The lowest BCUT2D eigenvalue weighted by Gasteiger charge is -2.32. The van der Waals surface area contributed by atoms with Crippen LogP contribution in [-0.4, -0.2) is 42.9 Å². The zero-order valence-corrected chi connectivity index (χ0v) is 16.7. The van der Waals surface area contributed by atoms with Crippen molar-refractivity contribution in [3.63, 3.8) is 0 Å². The number of carbonyl (C=O) groups excluding carboxylic acids is 2. The molecule has 4 rings (SSSR count). The Morgan fingerprint density at radius 2 is 1.63 bits per heavy atom. The molecule has 0 aliphatic carbocycles. The molecule has 2 fully saturated rings. The van der Waals surface area contributed by atoms with E-state index in [1.165, 1.54) is 11.0 Å². The van der Waals surface area contributed by atoms with Crippen molar-refractivity contribution in [3.8, 4) is 0 Å². The van der Waals surface area contributed by atoms with Gasteiger partial charge in [-0.15, -0.1) is 0 Å². The molecule has 30 heavy (non-hydrogen) atoms. The molecule has 0 bridgehead atoms. The van der Waals surface area contributed by atoms with E-state index < -0.39 is 17.5 Å². The van der Waals surface area contributed by atoms with Gasteiger partial charge in [0.05, 0.1) is 16.9 Å². The fourth-order valence-corrected chi connectivity index (χ4v) is 4.23. The van der Waals surface area contributed by atoms with Crippen molar-refractivity contribution < 1.29 is 18.4 Å². The predicted octanol–water partition coefficient (Wildman–Crippen LogP) is 4.06. The van der Waals surface area contributed by atoms with E-state index in [1.54, 1.807) is 0 Å². The Kier molecular flexibility index (Phi) is 5.97. The first kappa shape index (κ1) is 20.3. The molecule has 1 N–H and O–H groups in total. The summed E-state index contributed by atoms with van der Waals surface area (Å²) in [7, 11) is 0. The van der Waals surface area contributed by atoms with Gasteiger partial charge in [0.2, 0.25) is 5.91 Å². The number of rotatable bonds is 4. The van der Waals surface area contributed by atoms with E-state index in [1.807, 2.05) is 24.3 Å². The minimum atomic E-state index is -0.863. The van der Waals surface area contributed by atoms with E-state index in [0.717, 1.165) is 43.4 Å². The van der Waals surface area contributed by atoms with Crippen LogP contribution in [-0.2, 0) is 4.79 Å². The number of piperidine rings is 1. The average molecular weight is 413 g/mol. The van der Waals surface area contributed by atoms with E-state index >= 15 is 0 Å². The quantitative estimate of drug-likeness (QED) is 0.823. The lowest BCUT2D eigenvalue weighted by molar-refractivity contribution is -0.121. The molecule has 0 aromatic heterocycles. The maximum Gasteiger partial charge on any atom is 0.256 e. The van der Waals surface area contributed by atoms with Crippen LogP contribution < -0.4 is 10.2 Å². The van der Waals surface area contributed by atoms with Gasteiger partial charge in [-0.05, 0) is 49.9 Å². The summed E-state index contributed by atoms with van der Waals surface area (Å²) in [6.45, 7) is 2.71. The number of carbonyl (C=O) groups is 2. The molecule has 0 radical (unpaired) electrons. The van der Waals surface area contributed by atoms with Crippen molar-refractivity contribution in [2.45, 2.75) is 25.7 Å². The van der Waals surface area contributed by atoms with Gasteiger partial charge in [0.15, 0.2) is 0 Å². The van der Waals surface area contributed by atoms with Crippen LogP contribution in [0.4, 0.5) is 20.2 Å². The minimum absolute atomic E-state index is 0.0540. The van der Waals surface area contributed by atoms with Crippen molar-refractivity contribution in [1.82, 2.24) is 4.90 Å². The Morgan fingerprint density at radius 1 is 0.933 bits per heavy atom. The first-order valence-electron chi connectivity index (χ1n) is 10.4. The van der Waals surface area contributed by atoms with Gasteiger partial charge < -0.3 is 15.1 Å². The summed E-state index contributed by atoms with van der Waals surface area (Å²) in [4.78, 5) is 29.2. The number of anilines is 2. The minimum Gasteiger partial charge on any atom is -0.370 e. The molecule has 0 saturated carbocycles. The Bertz CT molecular complexity index is 936. The third kappa shape index (κ3) is 4.30. The average Bonchev–Trinajstić information content (AvgIpc) is 3.28. The van der Waals surface area contributed by atoms with E-state index in [0.29, 0.717) is 32.0 Å². The molecule has 2 aromatic rings. The van der Waals surface area contributed by atoms with Crippen molar-refractivity contribution >= 4 is 23.2 Å². The van der Waals surface area contributed by atoms with Gasteiger partial charge in [-0.1, -0.05) is 12.1 Å². The summed E-state index contributed by atoms with van der Waals surface area (Å²) in [6.07, 6.45) is 3.32. The van der Waals surface area contributed by atoms with Crippen LogP contribution in [0.25, 0.3) is 0 Å². The number of amides is 2. The SMILES string of the molecule is O=C(Nc1ccccc1N1CCCC1)C1CCN(C(=O)c2ccc(F)cc2F)CC1. The third-order valence-electron chi connectivity index (χ3n) is 5.92. The number of hydrogen-bond donors (Lipinski definition) is 1. The van der Waals surface area contributed by atoms with Gasteiger partial charge >= 0.3 is 0 Å². The summed E-state index contributed by atoms with van der Waals surface area (Å²) in [5, 5.41) is 3.06. The molecule has 2 aromatic carbocycles. The van der Waals surface area contributed by atoms with Crippen molar-refractivity contribution in [3.05, 3.63) is 59.7 Å². The zero-order valence-electron chi connectivity index (χ0n) is 16.7. The molecule has 2 amide bonds. The first-order chi connectivity index (χ1) is 14.5. The monoisotopic (exact) mass is 413 g/mol. The molecule has 2 aliphatic rings. The topological polar surface area (TPSA) is 52.7 Å². The second-order valence-electron chi connectivity index (χ2n) is 7.89. The summed E-state index contributed by atoms with van der Waals surface area (Å²) in [5.74, 6) is -2.31. The highest BCUT2D eigenvalue weighted by molar-refractivity contribution is 5.97. The lowest BCUT2D eigenvalue weighted by atomic mass is 9.95. The van der Waals surface area contributed by atoms with E-state index in [9.17, 15) is 18.4 Å². The van der Waals surface area contributed by atoms with Crippen molar-refractivity contribution in [2.75, 3.05) is 36.4 Å². The van der Waals surface area contributed by atoms with E-state index in [-0.39, 0.29) is 17.4 Å². The number of halogens is 2. The highest BCUT2D eigenvalue weighted by atomic mass is 19.1.